The molecule has 1 N–H and O–H groups in total. The average Bonchev–Trinajstić information content (AvgIpc) is 2.30. The molecule has 98 valence electrons. The lowest BCUT2D eigenvalue weighted by atomic mass is 9.99. The highest BCUT2D eigenvalue weighted by atomic mass is 35.5. The second-order valence-corrected chi connectivity index (χ2v) is 4.84. The fourth-order valence-electron chi connectivity index (χ4n) is 2.09. The van der Waals surface area contributed by atoms with Gasteiger partial charge in [0.05, 0.1) is 12.4 Å². The van der Waals surface area contributed by atoms with Gasteiger partial charge in [0.1, 0.15) is 5.15 Å². The molecule has 0 bridgehead atoms. The Balaban J connectivity index is 2.28. The van der Waals surface area contributed by atoms with Crippen LogP contribution >= 0.6 is 11.6 Å². The summed E-state index contributed by atoms with van der Waals surface area (Å²) in [4.78, 5) is 20.1. The summed E-state index contributed by atoms with van der Waals surface area (Å²) in [5.74, 6) is 0.195. The Bertz CT molecular complexity index is 600. The fourth-order valence-corrected chi connectivity index (χ4v) is 2.19. The van der Waals surface area contributed by atoms with Gasteiger partial charge in [-0.3, -0.25) is 4.79 Å². The number of amides is 1. The molecule has 5 heteroatoms. The van der Waals surface area contributed by atoms with Crippen LogP contribution < -0.4 is 5.32 Å². The van der Waals surface area contributed by atoms with Crippen molar-refractivity contribution in [3.05, 3.63) is 51.9 Å². The molecular formula is C14H14ClN3O. The Labute approximate surface area is 116 Å². The van der Waals surface area contributed by atoms with Gasteiger partial charge < -0.3 is 5.32 Å². The van der Waals surface area contributed by atoms with Gasteiger partial charge in [-0.15, -0.1) is 0 Å². The lowest BCUT2D eigenvalue weighted by molar-refractivity contribution is 0.102. The molecule has 2 rings (SSSR count). The van der Waals surface area contributed by atoms with Gasteiger partial charge in [0.15, 0.2) is 5.82 Å². The fraction of sp³-hybridized carbons (Fsp3) is 0.214. The van der Waals surface area contributed by atoms with Gasteiger partial charge in [0.2, 0.25) is 0 Å². The minimum absolute atomic E-state index is 0.188. The molecule has 1 aromatic carbocycles. The molecule has 0 aliphatic carbocycles. The topological polar surface area (TPSA) is 54.9 Å². The SMILES string of the molecule is Cc1cc(C)c(C(=O)Nc2cnc(Cl)cn2)c(C)c1. The molecule has 4 nitrogen and oxygen atoms in total. The number of aromatic nitrogens is 2. The molecule has 0 aliphatic rings. The van der Waals surface area contributed by atoms with Crippen LogP contribution in [0.25, 0.3) is 0 Å². The Morgan fingerprint density at radius 1 is 1.11 bits per heavy atom. The summed E-state index contributed by atoms with van der Waals surface area (Å²) >= 11 is 5.65. The molecule has 0 atom stereocenters. The number of hydrogen-bond acceptors (Lipinski definition) is 3. The number of carbonyl (C=O) groups excluding carboxylic acids is 1. The van der Waals surface area contributed by atoms with Gasteiger partial charge in [-0.1, -0.05) is 29.3 Å². The molecule has 0 saturated carbocycles. The molecule has 2 aromatic rings. The molecule has 1 amide bonds. The zero-order chi connectivity index (χ0) is 14.0. The van der Waals surface area contributed by atoms with Gasteiger partial charge in [-0.05, 0) is 31.9 Å². The maximum Gasteiger partial charge on any atom is 0.257 e. The zero-order valence-corrected chi connectivity index (χ0v) is 11.7. The maximum atomic E-state index is 12.2. The van der Waals surface area contributed by atoms with Crippen LogP contribution in [-0.2, 0) is 0 Å². The Hall–Kier alpha value is -1.94. The van der Waals surface area contributed by atoms with Crippen molar-refractivity contribution in [3.8, 4) is 0 Å². The van der Waals surface area contributed by atoms with Gasteiger partial charge >= 0.3 is 0 Å². The average molecular weight is 276 g/mol. The second kappa shape index (κ2) is 5.36. The molecule has 0 spiro atoms. The van der Waals surface area contributed by atoms with E-state index in [2.05, 4.69) is 15.3 Å². The lowest BCUT2D eigenvalue weighted by Gasteiger charge is -2.11. The van der Waals surface area contributed by atoms with E-state index in [0.29, 0.717) is 16.5 Å². The van der Waals surface area contributed by atoms with E-state index in [4.69, 9.17) is 11.6 Å². The second-order valence-electron chi connectivity index (χ2n) is 4.45. The Morgan fingerprint density at radius 3 is 2.26 bits per heavy atom. The summed E-state index contributed by atoms with van der Waals surface area (Å²) in [6, 6.07) is 3.96. The molecule has 0 unspecified atom stereocenters. The number of halogens is 1. The summed E-state index contributed by atoms with van der Waals surface area (Å²) in [5.41, 5.74) is 3.69. The first-order chi connectivity index (χ1) is 8.97. The first-order valence-corrected chi connectivity index (χ1v) is 6.22. The molecule has 0 aliphatic heterocycles. The van der Waals surface area contributed by atoms with E-state index in [1.54, 1.807) is 0 Å². The number of nitrogens with one attached hydrogen (secondary N) is 1. The highest BCUT2D eigenvalue weighted by molar-refractivity contribution is 6.29. The summed E-state index contributed by atoms with van der Waals surface area (Å²) < 4.78 is 0. The van der Waals surface area contributed by atoms with Crippen molar-refractivity contribution < 1.29 is 4.79 Å². The predicted molar refractivity (Wildman–Crippen MR) is 75.6 cm³/mol. The van der Waals surface area contributed by atoms with Crippen molar-refractivity contribution in [3.63, 3.8) is 0 Å². The van der Waals surface area contributed by atoms with Crippen molar-refractivity contribution >= 4 is 23.3 Å². The first-order valence-electron chi connectivity index (χ1n) is 5.84. The van der Waals surface area contributed by atoms with Gasteiger partial charge in [0, 0.05) is 5.56 Å². The van der Waals surface area contributed by atoms with E-state index < -0.39 is 0 Å². The van der Waals surface area contributed by atoms with Crippen LogP contribution in [0.15, 0.2) is 24.5 Å². The molecule has 0 saturated heterocycles. The van der Waals surface area contributed by atoms with Crippen molar-refractivity contribution in [2.75, 3.05) is 5.32 Å². The van der Waals surface area contributed by atoms with Crippen LogP contribution in [0.2, 0.25) is 5.15 Å². The number of rotatable bonds is 2. The number of nitrogens with zero attached hydrogens (tertiary/aromatic N) is 2. The maximum absolute atomic E-state index is 12.2. The third-order valence-electron chi connectivity index (χ3n) is 2.77. The number of hydrogen-bond donors (Lipinski definition) is 1. The van der Waals surface area contributed by atoms with Crippen LogP contribution in [0.3, 0.4) is 0 Å². The van der Waals surface area contributed by atoms with Crippen LogP contribution in [0, 0.1) is 20.8 Å². The van der Waals surface area contributed by atoms with Gasteiger partial charge in [0.25, 0.3) is 5.91 Å². The van der Waals surface area contributed by atoms with Crippen molar-refractivity contribution in [1.29, 1.82) is 0 Å². The van der Waals surface area contributed by atoms with E-state index in [9.17, 15) is 4.79 Å². The van der Waals surface area contributed by atoms with E-state index in [-0.39, 0.29) is 5.91 Å². The van der Waals surface area contributed by atoms with Crippen LogP contribution in [-0.4, -0.2) is 15.9 Å². The first kappa shape index (κ1) is 13.5. The van der Waals surface area contributed by atoms with E-state index in [1.807, 2.05) is 32.9 Å². The van der Waals surface area contributed by atoms with E-state index >= 15 is 0 Å². The molecule has 0 fully saturated rings. The Kier molecular flexibility index (Phi) is 3.81. The summed E-state index contributed by atoms with van der Waals surface area (Å²) in [6.07, 6.45) is 2.82. The standard InChI is InChI=1S/C14H14ClN3O/c1-8-4-9(2)13(10(3)5-8)14(19)18-12-7-16-11(15)6-17-12/h4-7H,1-3H3,(H,17,18,19). The normalized spacial score (nSPS) is 10.3. The van der Waals surface area contributed by atoms with Crippen LogP contribution in [0.1, 0.15) is 27.0 Å². The third-order valence-corrected chi connectivity index (χ3v) is 2.96. The summed E-state index contributed by atoms with van der Waals surface area (Å²) in [5, 5.41) is 3.01. The van der Waals surface area contributed by atoms with Crippen molar-refractivity contribution in [1.82, 2.24) is 9.97 Å². The minimum atomic E-state index is -0.188. The van der Waals surface area contributed by atoms with E-state index in [0.717, 1.165) is 16.7 Å². The quantitative estimate of drug-likeness (QED) is 0.915. The monoisotopic (exact) mass is 275 g/mol. The minimum Gasteiger partial charge on any atom is -0.305 e. The number of aryl methyl sites for hydroxylation is 3. The predicted octanol–water partition coefficient (Wildman–Crippen LogP) is 3.31. The van der Waals surface area contributed by atoms with Crippen LogP contribution in [0.4, 0.5) is 5.82 Å². The number of anilines is 1. The molecular weight excluding hydrogens is 262 g/mol. The van der Waals surface area contributed by atoms with Crippen molar-refractivity contribution in [2.45, 2.75) is 20.8 Å². The highest BCUT2D eigenvalue weighted by Crippen LogP contribution is 2.17. The summed E-state index contributed by atoms with van der Waals surface area (Å²) in [6.45, 7) is 5.84. The lowest BCUT2D eigenvalue weighted by Crippen LogP contribution is -2.16. The smallest absolute Gasteiger partial charge is 0.257 e. The van der Waals surface area contributed by atoms with Gasteiger partial charge in [-0.25, -0.2) is 9.97 Å². The number of carbonyl (C=O) groups is 1. The van der Waals surface area contributed by atoms with Crippen LogP contribution in [0.5, 0.6) is 0 Å². The van der Waals surface area contributed by atoms with E-state index in [1.165, 1.54) is 12.4 Å². The largest absolute Gasteiger partial charge is 0.305 e. The number of benzene rings is 1. The van der Waals surface area contributed by atoms with Gasteiger partial charge in [-0.2, -0.15) is 0 Å². The molecule has 19 heavy (non-hydrogen) atoms. The van der Waals surface area contributed by atoms with Crippen molar-refractivity contribution in [2.24, 2.45) is 0 Å². The zero-order valence-electron chi connectivity index (χ0n) is 11.0. The molecule has 1 heterocycles. The highest BCUT2D eigenvalue weighted by Gasteiger charge is 2.13. The summed E-state index contributed by atoms with van der Waals surface area (Å²) in [7, 11) is 0. The Morgan fingerprint density at radius 2 is 1.74 bits per heavy atom. The molecule has 0 radical (unpaired) electrons. The third kappa shape index (κ3) is 3.09. The molecule has 1 aromatic heterocycles.